The molecule has 0 aromatic heterocycles. The molecule has 7 heteroatoms. The van der Waals surface area contributed by atoms with Crippen LogP contribution in [0.2, 0.25) is 0 Å². The Kier molecular flexibility index (Phi) is 36.9. The molecule has 0 saturated heterocycles. The van der Waals surface area contributed by atoms with E-state index in [1.54, 1.807) is 0 Å². The summed E-state index contributed by atoms with van der Waals surface area (Å²) in [5.41, 5.74) is 0. The van der Waals surface area contributed by atoms with Crippen LogP contribution in [0.25, 0.3) is 0 Å². The molecule has 0 aliphatic heterocycles. The molecule has 0 bridgehead atoms. The second kappa shape index (κ2) is 37.3. The number of phosphoric ester groups is 1. The minimum atomic E-state index is -4.52. The summed E-state index contributed by atoms with van der Waals surface area (Å²) in [6.07, 6.45) is 44.5. The van der Waals surface area contributed by atoms with Crippen molar-refractivity contribution >= 4 is 7.82 Å². The molecule has 1 atom stereocenters. The molecule has 0 heterocycles. The van der Waals surface area contributed by atoms with Gasteiger partial charge < -0.3 is 19.3 Å². The molecule has 46 heavy (non-hydrogen) atoms. The fraction of sp³-hybridized carbons (Fsp3) is 0.897. The number of hydrogen-bond donors (Lipinski definition) is 2. The third-order valence-electron chi connectivity index (χ3n) is 8.54. The number of unbranched alkanes of at least 4 members (excludes halogenated alkanes) is 24. The first-order valence-corrected chi connectivity index (χ1v) is 21.2. The summed E-state index contributed by atoms with van der Waals surface area (Å²) in [7, 11) is -4.52. The average Bonchev–Trinajstić information content (AvgIpc) is 3.03. The summed E-state index contributed by atoms with van der Waals surface area (Å²) in [4.78, 5) is 18.2. The van der Waals surface area contributed by atoms with E-state index in [4.69, 9.17) is 23.8 Å². The highest BCUT2D eigenvalue weighted by atomic mass is 31.2. The zero-order chi connectivity index (χ0) is 33.7. The Morgan fingerprint density at radius 3 is 1.22 bits per heavy atom. The van der Waals surface area contributed by atoms with Crippen molar-refractivity contribution in [3.63, 3.8) is 0 Å². The van der Waals surface area contributed by atoms with Gasteiger partial charge in [0.2, 0.25) is 0 Å². The normalized spacial score (nSPS) is 13.0. The van der Waals surface area contributed by atoms with Gasteiger partial charge >= 0.3 is 7.82 Å². The van der Waals surface area contributed by atoms with E-state index in [0.717, 1.165) is 25.7 Å². The van der Waals surface area contributed by atoms with Gasteiger partial charge in [-0.25, -0.2) is 4.57 Å². The molecular weight excluding hydrogens is 595 g/mol. The van der Waals surface area contributed by atoms with E-state index in [1.165, 1.54) is 154 Å². The van der Waals surface area contributed by atoms with Gasteiger partial charge in [0.1, 0.15) is 6.10 Å². The molecule has 274 valence electrons. The topological polar surface area (TPSA) is 85.2 Å². The number of rotatable bonds is 38. The molecule has 6 nitrogen and oxygen atoms in total. The van der Waals surface area contributed by atoms with Crippen molar-refractivity contribution in [2.75, 3.05) is 26.4 Å². The monoisotopic (exact) mass is 673 g/mol. The van der Waals surface area contributed by atoms with Crippen LogP contribution in [0, 0.1) is 0 Å². The SMILES string of the molecule is CCCCCCCC/C=C\CCCCCCCCOCC(COP(=O)(O)O)OCCCCCCCC/C=C\CCCCCCCC. The second-order valence-electron chi connectivity index (χ2n) is 13.2. The second-order valence-corrected chi connectivity index (χ2v) is 14.5. The molecule has 0 rings (SSSR count). The minimum absolute atomic E-state index is 0.149. The molecule has 0 aliphatic rings. The highest BCUT2D eigenvalue weighted by Gasteiger charge is 2.19. The number of allylic oxidation sites excluding steroid dienone is 4. The van der Waals surface area contributed by atoms with E-state index in [1.807, 2.05) is 0 Å². The lowest BCUT2D eigenvalue weighted by Crippen LogP contribution is -2.26. The van der Waals surface area contributed by atoms with E-state index in [-0.39, 0.29) is 6.61 Å². The van der Waals surface area contributed by atoms with Crippen LogP contribution in [-0.2, 0) is 18.6 Å². The van der Waals surface area contributed by atoms with E-state index in [2.05, 4.69) is 38.2 Å². The van der Waals surface area contributed by atoms with Crippen molar-refractivity contribution in [3.8, 4) is 0 Å². The Bertz CT molecular complexity index is 692. The van der Waals surface area contributed by atoms with Gasteiger partial charge in [0.15, 0.2) is 0 Å². The van der Waals surface area contributed by atoms with Crippen LogP contribution in [0.15, 0.2) is 24.3 Å². The van der Waals surface area contributed by atoms with Crippen molar-refractivity contribution in [1.29, 1.82) is 0 Å². The predicted octanol–water partition coefficient (Wildman–Crippen LogP) is 12.6. The molecule has 0 aromatic carbocycles. The van der Waals surface area contributed by atoms with Crippen LogP contribution in [0.4, 0.5) is 0 Å². The van der Waals surface area contributed by atoms with Gasteiger partial charge in [0.25, 0.3) is 0 Å². The molecule has 0 fully saturated rings. The van der Waals surface area contributed by atoms with Crippen LogP contribution in [0.1, 0.15) is 194 Å². The van der Waals surface area contributed by atoms with Crippen LogP contribution >= 0.6 is 7.82 Å². The van der Waals surface area contributed by atoms with Gasteiger partial charge in [-0.2, -0.15) is 0 Å². The van der Waals surface area contributed by atoms with Gasteiger partial charge in [-0.1, -0.05) is 154 Å². The summed E-state index contributed by atoms with van der Waals surface area (Å²) >= 11 is 0. The first-order valence-electron chi connectivity index (χ1n) is 19.7. The molecule has 0 spiro atoms. The molecular formula is C39H77O6P. The largest absolute Gasteiger partial charge is 0.469 e. The van der Waals surface area contributed by atoms with E-state index in [9.17, 15) is 4.57 Å². The molecule has 1 unspecified atom stereocenters. The van der Waals surface area contributed by atoms with E-state index >= 15 is 0 Å². The highest BCUT2D eigenvalue weighted by molar-refractivity contribution is 7.46. The molecule has 0 amide bonds. The van der Waals surface area contributed by atoms with Gasteiger partial charge in [0, 0.05) is 13.2 Å². The smallest absolute Gasteiger partial charge is 0.379 e. The molecule has 0 saturated carbocycles. The lowest BCUT2D eigenvalue weighted by molar-refractivity contribution is -0.0429. The number of hydrogen-bond acceptors (Lipinski definition) is 4. The summed E-state index contributed by atoms with van der Waals surface area (Å²) in [5, 5.41) is 0. The Hall–Kier alpha value is -0.490. The van der Waals surface area contributed by atoms with Crippen LogP contribution < -0.4 is 0 Å². The van der Waals surface area contributed by atoms with E-state index < -0.39 is 13.9 Å². The third-order valence-corrected chi connectivity index (χ3v) is 9.03. The standard InChI is InChI=1S/C39H77O6P/c1-3-5-7-9-11-13-15-17-19-21-23-25-27-29-31-33-35-43-37-39(38-45-46(40,41)42)44-36-34-32-30-28-26-24-22-20-18-16-14-12-10-8-6-4-2/h17-20,39H,3-16,21-38H2,1-2H3,(H2,40,41,42)/b19-17-,20-18-. The quantitative estimate of drug-likeness (QED) is 0.0386. The molecule has 0 radical (unpaired) electrons. The third kappa shape index (κ3) is 39.7. The van der Waals surface area contributed by atoms with Crippen molar-refractivity contribution in [2.24, 2.45) is 0 Å². The van der Waals surface area contributed by atoms with Crippen LogP contribution in [0.5, 0.6) is 0 Å². The summed E-state index contributed by atoms with van der Waals surface area (Å²) in [6, 6.07) is 0. The maximum Gasteiger partial charge on any atom is 0.469 e. The first kappa shape index (κ1) is 45.5. The Balaban J connectivity index is 3.70. The lowest BCUT2D eigenvalue weighted by atomic mass is 10.1. The summed E-state index contributed by atoms with van der Waals surface area (Å²) < 4.78 is 27.6. The maximum atomic E-state index is 11.2. The zero-order valence-corrected chi connectivity index (χ0v) is 31.4. The molecule has 2 N–H and O–H groups in total. The van der Waals surface area contributed by atoms with Gasteiger partial charge in [-0.15, -0.1) is 0 Å². The molecule has 0 aromatic rings. The van der Waals surface area contributed by atoms with Crippen molar-refractivity contribution in [2.45, 2.75) is 200 Å². The fourth-order valence-electron chi connectivity index (χ4n) is 5.59. The Morgan fingerprint density at radius 1 is 0.478 bits per heavy atom. The van der Waals surface area contributed by atoms with E-state index in [0.29, 0.717) is 19.8 Å². The summed E-state index contributed by atoms with van der Waals surface area (Å²) in [5.74, 6) is 0. The van der Waals surface area contributed by atoms with Gasteiger partial charge in [-0.3, -0.25) is 4.52 Å². The predicted molar refractivity (Wildman–Crippen MR) is 197 cm³/mol. The average molecular weight is 673 g/mol. The minimum Gasteiger partial charge on any atom is -0.379 e. The zero-order valence-electron chi connectivity index (χ0n) is 30.5. The molecule has 0 aliphatic carbocycles. The van der Waals surface area contributed by atoms with Gasteiger partial charge in [-0.05, 0) is 64.2 Å². The van der Waals surface area contributed by atoms with Gasteiger partial charge in [0.05, 0.1) is 13.2 Å². The first-order chi connectivity index (χ1) is 22.5. The summed E-state index contributed by atoms with van der Waals surface area (Å²) in [6.45, 7) is 5.90. The van der Waals surface area contributed by atoms with Crippen molar-refractivity contribution < 1.29 is 28.3 Å². The highest BCUT2D eigenvalue weighted by Crippen LogP contribution is 2.35. The van der Waals surface area contributed by atoms with Crippen LogP contribution in [-0.4, -0.2) is 42.3 Å². The van der Waals surface area contributed by atoms with Crippen molar-refractivity contribution in [3.05, 3.63) is 24.3 Å². The maximum absolute atomic E-state index is 11.2. The van der Waals surface area contributed by atoms with Crippen LogP contribution in [0.3, 0.4) is 0 Å². The Labute approximate surface area is 286 Å². The number of phosphoric acid groups is 1. The lowest BCUT2D eigenvalue weighted by Gasteiger charge is -2.18. The van der Waals surface area contributed by atoms with Crippen molar-refractivity contribution in [1.82, 2.24) is 0 Å². The Morgan fingerprint density at radius 2 is 0.826 bits per heavy atom. The fourth-order valence-corrected chi connectivity index (χ4v) is 5.95. The number of ether oxygens (including phenoxy) is 2.